The molecular formula is C25H22F2N2O. The van der Waals surface area contributed by atoms with E-state index in [0.29, 0.717) is 11.1 Å². The average Bonchev–Trinajstić information content (AvgIpc) is 3.15. The number of hydrogen-bond acceptors (Lipinski definition) is 3. The molecule has 5 heteroatoms. The van der Waals surface area contributed by atoms with Crippen LogP contribution in [0.15, 0.2) is 59.7 Å². The number of halogens is 2. The molecule has 0 radical (unpaired) electrons. The van der Waals surface area contributed by atoms with E-state index in [2.05, 4.69) is 9.98 Å². The Morgan fingerprint density at radius 3 is 2.60 bits per heavy atom. The van der Waals surface area contributed by atoms with E-state index < -0.39 is 0 Å². The van der Waals surface area contributed by atoms with Gasteiger partial charge in [-0.05, 0) is 48.2 Å². The number of aryl methyl sites for hydroxylation is 1. The molecule has 1 atom stereocenters. The molecule has 0 bridgehead atoms. The zero-order valence-electron chi connectivity index (χ0n) is 17.0. The minimum absolute atomic E-state index is 0.0361. The number of fused-ring (bicyclic) bond motifs is 1. The van der Waals surface area contributed by atoms with E-state index in [1.54, 1.807) is 24.4 Å². The van der Waals surface area contributed by atoms with E-state index in [4.69, 9.17) is 0 Å². The molecule has 4 rings (SSSR count). The quantitative estimate of drug-likeness (QED) is 0.558. The predicted octanol–water partition coefficient (Wildman–Crippen LogP) is 5.32. The van der Waals surface area contributed by atoms with Gasteiger partial charge in [-0.2, -0.15) is 0 Å². The Labute approximate surface area is 174 Å². The van der Waals surface area contributed by atoms with Gasteiger partial charge in [0.05, 0.1) is 12.3 Å². The number of aliphatic imine (C=N–C) groups is 1. The smallest absolute Gasteiger partial charge is 0.137 e. The second-order valence-corrected chi connectivity index (χ2v) is 7.79. The van der Waals surface area contributed by atoms with Crippen LogP contribution in [0.5, 0.6) is 0 Å². The molecule has 0 spiro atoms. The highest BCUT2D eigenvalue weighted by molar-refractivity contribution is 6.15. The summed E-state index contributed by atoms with van der Waals surface area (Å²) < 4.78 is 28.2. The normalized spacial score (nSPS) is 13.7. The first-order valence-corrected chi connectivity index (χ1v) is 9.97. The molecule has 0 unspecified atom stereocenters. The van der Waals surface area contributed by atoms with Crippen molar-refractivity contribution in [2.75, 3.05) is 0 Å². The fraction of sp³-hybridized carbons (Fsp3) is 0.240. The number of Topliss-reactive ketones (excluding diaryl/α,β-unsaturated/α-hetero) is 1. The molecular weight excluding hydrogens is 382 g/mol. The van der Waals surface area contributed by atoms with Crippen LogP contribution in [-0.2, 0) is 17.8 Å². The summed E-state index contributed by atoms with van der Waals surface area (Å²) in [5.74, 6) is -0.754. The standard InChI is InChI=1S/C25H22F2N2O/c1-15(17-3-6-20(26)7-4-17)11-21(30)13-18-5-8-22-23(24(18)27)14-29-25(22)19-9-10-28-16(2)12-19/h3-10,12,15H,11,13-14H2,1-2H3/t15-/m0/s1. The lowest BCUT2D eigenvalue weighted by Crippen LogP contribution is -2.11. The Morgan fingerprint density at radius 1 is 1.10 bits per heavy atom. The number of rotatable bonds is 6. The third-order valence-electron chi connectivity index (χ3n) is 5.50. The van der Waals surface area contributed by atoms with Gasteiger partial charge in [0, 0.05) is 41.4 Å². The van der Waals surface area contributed by atoms with Gasteiger partial charge in [0.25, 0.3) is 0 Å². The Balaban J connectivity index is 1.49. The van der Waals surface area contributed by atoms with Crippen molar-refractivity contribution in [3.63, 3.8) is 0 Å². The van der Waals surface area contributed by atoms with Gasteiger partial charge in [-0.25, -0.2) is 8.78 Å². The second kappa shape index (κ2) is 8.27. The van der Waals surface area contributed by atoms with Crippen LogP contribution in [0.4, 0.5) is 8.78 Å². The van der Waals surface area contributed by atoms with Crippen molar-refractivity contribution in [3.05, 3.63) is 99.9 Å². The summed E-state index contributed by atoms with van der Waals surface area (Å²) in [5, 5.41) is 0. The van der Waals surface area contributed by atoms with Crippen molar-refractivity contribution in [2.24, 2.45) is 4.99 Å². The molecule has 30 heavy (non-hydrogen) atoms. The molecule has 2 aromatic carbocycles. The highest BCUT2D eigenvalue weighted by Gasteiger charge is 2.24. The summed E-state index contributed by atoms with van der Waals surface area (Å²) in [4.78, 5) is 21.3. The molecule has 2 heterocycles. The van der Waals surface area contributed by atoms with Crippen molar-refractivity contribution in [3.8, 4) is 0 Å². The van der Waals surface area contributed by atoms with Crippen LogP contribution in [0.3, 0.4) is 0 Å². The maximum atomic E-state index is 15.1. The lowest BCUT2D eigenvalue weighted by Gasteiger charge is -2.12. The van der Waals surface area contributed by atoms with E-state index in [0.717, 1.165) is 28.1 Å². The minimum atomic E-state index is -0.347. The third kappa shape index (κ3) is 4.06. The number of carbonyl (C=O) groups excluding carboxylic acids is 1. The molecule has 3 aromatic rings. The second-order valence-electron chi connectivity index (χ2n) is 7.79. The Bertz CT molecular complexity index is 1140. The number of aromatic nitrogens is 1. The SMILES string of the molecule is Cc1cc(C2=NCc3c2ccc(CC(=O)C[C@H](C)c2ccc(F)cc2)c3F)ccn1. The van der Waals surface area contributed by atoms with Crippen LogP contribution in [0.1, 0.15) is 52.8 Å². The molecule has 3 nitrogen and oxygen atoms in total. The molecule has 1 aromatic heterocycles. The summed E-state index contributed by atoms with van der Waals surface area (Å²) >= 11 is 0. The molecule has 0 aliphatic carbocycles. The highest BCUT2D eigenvalue weighted by Crippen LogP contribution is 2.28. The van der Waals surface area contributed by atoms with Crippen molar-refractivity contribution in [2.45, 2.75) is 39.2 Å². The van der Waals surface area contributed by atoms with Crippen LogP contribution in [-0.4, -0.2) is 16.5 Å². The molecule has 0 saturated heterocycles. The van der Waals surface area contributed by atoms with Gasteiger partial charge >= 0.3 is 0 Å². The number of ketones is 1. The van der Waals surface area contributed by atoms with Crippen LogP contribution in [0.25, 0.3) is 0 Å². The van der Waals surface area contributed by atoms with Gasteiger partial charge < -0.3 is 0 Å². The number of hydrogen-bond donors (Lipinski definition) is 0. The first-order chi connectivity index (χ1) is 14.4. The van der Waals surface area contributed by atoms with Crippen LogP contribution in [0.2, 0.25) is 0 Å². The summed E-state index contributed by atoms with van der Waals surface area (Å²) in [6, 6.07) is 13.5. The molecule has 152 valence electrons. The van der Waals surface area contributed by atoms with Gasteiger partial charge in [-0.3, -0.25) is 14.8 Å². The van der Waals surface area contributed by atoms with E-state index in [1.165, 1.54) is 12.1 Å². The van der Waals surface area contributed by atoms with E-state index in [1.807, 2.05) is 32.0 Å². The maximum absolute atomic E-state index is 15.1. The first-order valence-electron chi connectivity index (χ1n) is 9.97. The largest absolute Gasteiger partial charge is 0.299 e. The molecule has 0 amide bonds. The van der Waals surface area contributed by atoms with Gasteiger partial charge in [-0.15, -0.1) is 0 Å². The Morgan fingerprint density at radius 2 is 1.87 bits per heavy atom. The number of carbonyl (C=O) groups is 1. The topological polar surface area (TPSA) is 42.3 Å². The first kappa shape index (κ1) is 20.1. The minimum Gasteiger partial charge on any atom is -0.299 e. The number of nitrogens with zero attached hydrogens (tertiary/aromatic N) is 2. The van der Waals surface area contributed by atoms with Crippen molar-refractivity contribution >= 4 is 11.5 Å². The van der Waals surface area contributed by atoms with Gasteiger partial charge in [0.1, 0.15) is 17.4 Å². The van der Waals surface area contributed by atoms with Crippen molar-refractivity contribution in [1.29, 1.82) is 0 Å². The Hall–Kier alpha value is -3.21. The zero-order valence-corrected chi connectivity index (χ0v) is 17.0. The number of benzene rings is 2. The third-order valence-corrected chi connectivity index (χ3v) is 5.50. The fourth-order valence-electron chi connectivity index (χ4n) is 3.90. The van der Waals surface area contributed by atoms with Gasteiger partial charge in [-0.1, -0.05) is 31.2 Å². The summed E-state index contributed by atoms with van der Waals surface area (Å²) in [7, 11) is 0. The van der Waals surface area contributed by atoms with Gasteiger partial charge in [0.15, 0.2) is 0 Å². The number of pyridine rings is 1. The monoisotopic (exact) mass is 404 g/mol. The lowest BCUT2D eigenvalue weighted by atomic mass is 9.92. The predicted molar refractivity (Wildman–Crippen MR) is 113 cm³/mol. The van der Waals surface area contributed by atoms with Crippen LogP contribution in [0, 0.1) is 18.6 Å². The molecule has 0 fully saturated rings. The van der Waals surface area contributed by atoms with Crippen molar-refractivity contribution < 1.29 is 13.6 Å². The lowest BCUT2D eigenvalue weighted by molar-refractivity contribution is -0.118. The van der Waals surface area contributed by atoms with Crippen molar-refractivity contribution in [1.82, 2.24) is 4.98 Å². The average molecular weight is 404 g/mol. The van der Waals surface area contributed by atoms with Crippen LogP contribution >= 0.6 is 0 Å². The van der Waals surface area contributed by atoms with E-state index in [-0.39, 0.29) is 42.7 Å². The summed E-state index contributed by atoms with van der Waals surface area (Å²) in [5.41, 5.74) is 5.15. The molecule has 0 N–H and O–H groups in total. The Kier molecular flexibility index (Phi) is 5.53. The molecule has 1 aliphatic heterocycles. The van der Waals surface area contributed by atoms with E-state index >= 15 is 4.39 Å². The fourth-order valence-corrected chi connectivity index (χ4v) is 3.90. The molecule has 1 aliphatic rings. The summed E-state index contributed by atoms with van der Waals surface area (Å²) in [6.07, 6.45) is 2.03. The maximum Gasteiger partial charge on any atom is 0.137 e. The van der Waals surface area contributed by atoms with Gasteiger partial charge in [0.2, 0.25) is 0 Å². The van der Waals surface area contributed by atoms with E-state index in [9.17, 15) is 9.18 Å². The summed E-state index contributed by atoms with van der Waals surface area (Å²) in [6.45, 7) is 4.09. The van der Waals surface area contributed by atoms with Crippen LogP contribution < -0.4 is 0 Å². The zero-order chi connectivity index (χ0) is 21.3. The molecule has 0 saturated carbocycles. The highest BCUT2D eigenvalue weighted by atomic mass is 19.1.